The van der Waals surface area contributed by atoms with Crippen molar-refractivity contribution in [2.45, 2.75) is 39.3 Å². The fraction of sp³-hybridized carbons (Fsp3) is 0.538. The molecule has 0 radical (unpaired) electrons. The average Bonchev–Trinajstić information content (AvgIpc) is 2.32. The van der Waals surface area contributed by atoms with Gasteiger partial charge in [0, 0.05) is 5.56 Å². The van der Waals surface area contributed by atoms with Crippen molar-refractivity contribution < 1.29 is 13.9 Å². The number of aliphatic hydroxyl groups is 1. The summed E-state index contributed by atoms with van der Waals surface area (Å²) < 4.78 is 27.4. The zero-order valence-electron chi connectivity index (χ0n) is 10.4. The van der Waals surface area contributed by atoms with E-state index in [-0.39, 0.29) is 11.5 Å². The standard InChI is InChI=1S/C13H19F2NO/c1-4-7(2)13(17)12(16)10-9(14)6-5-8(3)11(10)15/h5-7,12-13,17H,4,16H2,1-3H3/t7?,12-,13+/m0/s1. The third kappa shape index (κ3) is 2.82. The zero-order valence-corrected chi connectivity index (χ0v) is 10.4. The van der Waals surface area contributed by atoms with Gasteiger partial charge in [-0.05, 0) is 24.5 Å². The summed E-state index contributed by atoms with van der Waals surface area (Å²) in [5.74, 6) is -1.48. The predicted molar refractivity (Wildman–Crippen MR) is 63.5 cm³/mol. The van der Waals surface area contributed by atoms with Gasteiger partial charge in [0.05, 0.1) is 12.1 Å². The molecule has 0 aromatic heterocycles. The highest BCUT2D eigenvalue weighted by Crippen LogP contribution is 2.27. The molecule has 0 fully saturated rings. The Morgan fingerprint density at radius 2 is 1.94 bits per heavy atom. The van der Waals surface area contributed by atoms with Crippen LogP contribution in [0.5, 0.6) is 0 Å². The second-order valence-corrected chi connectivity index (χ2v) is 4.49. The van der Waals surface area contributed by atoms with Crippen molar-refractivity contribution in [3.05, 3.63) is 34.9 Å². The number of halogens is 2. The van der Waals surface area contributed by atoms with Crippen molar-refractivity contribution in [2.75, 3.05) is 0 Å². The van der Waals surface area contributed by atoms with E-state index >= 15 is 0 Å². The maximum atomic E-state index is 13.8. The number of hydrogen-bond donors (Lipinski definition) is 2. The minimum atomic E-state index is -1.04. The van der Waals surface area contributed by atoms with Gasteiger partial charge in [0.15, 0.2) is 0 Å². The third-order valence-corrected chi connectivity index (χ3v) is 3.25. The van der Waals surface area contributed by atoms with Gasteiger partial charge >= 0.3 is 0 Å². The fourth-order valence-electron chi connectivity index (χ4n) is 1.75. The van der Waals surface area contributed by atoms with Crippen LogP contribution in [-0.4, -0.2) is 11.2 Å². The molecule has 17 heavy (non-hydrogen) atoms. The van der Waals surface area contributed by atoms with Crippen LogP contribution in [0.2, 0.25) is 0 Å². The number of aryl methyl sites for hydroxylation is 1. The summed E-state index contributed by atoms with van der Waals surface area (Å²) >= 11 is 0. The minimum absolute atomic E-state index is 0.107. The van der Waals surface area contributed by atoms with Crippen molar-refractivity contribution in [1.29, 1.82) is 0 Å². The topological polar surface area (TPSA) is 46.2 Å². The predicted octanol–water partition coefficient (Wildman–Crippen LogP) is 2.68. The molecule has 1 aromatic rings. The van der Waals surface area contributed by atoms with Crippen LogP contribution in [0.15, 0.2) is 12.1 Å². The highest BCUT2D eigenvalue weighted by atomic mass is 19.1. The van der Waals surface area contributed by atoms with Crippen LogP contribution in [0.4, 0.5) is 8.78 Å². The van der Waals surface area contributed by atoms with Crippen molar-refractivity contribution in [3.63, 3.8) is 0 Å². The van der Waals surface area contributed by atoms with Gasteiger partial charge in [0.25, 0.3) is 0 Å². The molecular weight excluding hydrogens is 224 g/mol. The number of hydrogen-bond acceptors (Lipinski definition) is 2. The van der Waals surface area contributed by atoms with Crippen molar-refractivity contribution in [2.24, 2.45) is 11.7 Å². The van der Waals surface area contributed by atoms with E-state index in [9.17, 15) is 13.9 Å². The van der Waals surface area contributed by atoms with Crippen LogP contribution < -0.4 is 5.73 Å². The van der Waals surface area contributed by atoms with Gasteiger partial charge < -0.3 is 10.8 Å². The number of aliphatic hydroxyl groups excluding tert-OH is 1. The van der Waals surface area contributed by atoms with Gasteiger partial charge in [-0.2, -0.15) is 0 Å². The average molecular weight is 243 g/mol. The Balaban J connectivity index is 3.11. The SMILES string of the molecule is CCC(C)[C@@H](O)[C@@H](N)c1c(F)ccc(C)c1F. The Hall–Kier alpha value is -1.00. The van der Waals surface area contributed by atoms with Gasteiger partial charge in [0.1, 0.15) is 11.6 Å². The van der Waals surface area contributed by atoms with Crippen LogP contribution in [0.1, 0.15) is 37.4 Å². The first-order chi connectivity index (χ1) is 7.90. The molecular formula is C13H19F2NO. The first-order valence-corrected chi connectivity index (χ1v) is 5.78. The molecule has 4 heteroatoms. The summed E-state index contributed by atoms with van der Waals surface area (Å²) in [5.41, 5.74) is 5.86. The Morgan fingerprint density at radius 3 is 2.47 bits per heavy atom. The van der Waals surface area contributed by atoms with Crippen molar-refractivity contribution in [1.82, 2.24) is 0 Å². The van der Waals surface area contributed by atoms with Crippen molar-refractivity contribution >= 4 is 0 Å². The first kappa shape index (κ1) is 14.1. The molecule has 0 aliphatic rings. The highest BCUT2D eigenvalue weighted by Gasteiger charge is 2.27. The highest BCUT2D eigenvalue weighted by molar-refractivity contribution is 5.29. The molecule has 2 nitrogen and oxygen atoms in total. The monoisotopic (exact) mass is 243 g/mol. The normalized spacial score (nSPS) is 16.6. The quantitative estimate of drug-likeness (QED) is 0.854. The minimum Gasteiger partial charge on any atom is -0.391 e. The Kier molecular flexibility index (Phi) is 4.60. The second-order valence-electron chi connectivity index (χ2n) is 4.49. The smallest absolute Gasteiger partial charge is 0.133 e. The first-order valence-electron chi connectivity index (χ1n) is 5.78. The molecule has 1 aromatic carbocycles. The lowest BCUT2D eigenvalue weighted by atomic mass is 9.90. The van der Waals surface area contributed by atoms with Crippen LogP contribution in [0.3, 0.4) is 0 Å². The lowest BCUT2D eigenvalue weighted by molar-refractivity contribution is 0.0853. The van der Waals surface area contributed by atoms with Gasteiger partial charge in [-0.25, -0.2) is 8.78 Å². The van der Waals surface area contributed by atoms with Crippen LogP contribution >= 0.6 is 0 Å². The van der Waals surface area contributed by atoms with E-state index in [2.05, 4.69) is 0 Å². The fourth-order valence-corrected chi connectivity index (χ4v) is 1.75. The third-order valence-electron chi connectivity index (χ3n) is 3.25. The van der Waals surface area contributed by atoms with Gasteiger partial charge in [-0.15, -0.1) is 0 Å². The second kappa shape index (κ2) is 5.56. The Morgan fingerprint density at radius 1 is 1.35 bits per heavy atom. The lowest BCUT2D eigenvalue weighted by Crippen LogP contribution is -2.33. The summed E-state index contributed by atoms with van der Waals surface area (Å²) in [5, 5.41) is 9.92. The number of benzene rings is 1. The molecule has 0 amide bonds. The molecule has 0 aliphatic carbocycles. The summed E-state index contributed by atoms with van der Waals surface area (Å²) in [6, 6.07) is 1.50. The van der Waals surface area contributed by atoms with E-state index < -0.39 is 23.8 Å². The van der Waals surface area contributed by atoms with E-state index in [1.807, 2.05) is 6.92 Å². The van der Waals surface area contributed by atoms with Crippen LogP contribution in [0.25, 0.3) is 0 Å². The molecule has 0 bridgehead atoms. The number of rotatable bonds is 4. The Labute approximate surface area is 100 Å². The molecule has 3 N–H and O–H groups in total. The molecule has 0 heterocycles. The molecule has 3 atom stereocenters. The maximum Gasteiger partial charge on any atom is 0.133 e. The summed E-state index contributed by atoms with van der Waals surface area (Å²) in [7, 11) is 0. The zero-order chi connectivity index (χ0) is 13.2. The summed E-state index contributed by atoms with van der Waals surface area (Å²) in [6.45, 7) is 5.24. The molecule has 0 saturated heterocycles. The lowest BCUT2D eigenvalue weighted by Gasteiger charge is -2.25. The van der Waals surface area contributed by atoms with Gasteiger partial charge in [0.2, 0.25) is 0 Å². The Bertz CT molecular complexity index is 395. The molecule has 0 saturated carbocycles. The maximum absolute atomic E-state index is 13.8. The molecule has 0 aliphatic heterocycles. The molecule has 96 valence electrons. The van der Waals surface area contributed by atoms with Gasteiger partial charge in [-0.1, -0.05) is 26.3 Å². The van der Waals surface area contributed by atoms with Crippen molar-refractivity contribution in [3.8, 4) is 0 Å². The van der Waals surface area contributed by atoms with E-state index in [1.165, 1.54) is 12.1 Å². The largest absolute Gasteiger partial charge is 0.391 e. The number of nitrogens with two attached hydrogens (primary N) is 1. The van der Waals surface area contributed by atoms with E-state index in [0.717, 1.165) is 0 Å². The van der Waals surface area contributed by atoms with E-state index in [1.54, 1.807) is 13.8 Å². The molecule has 1 unspecified atom stereocenters. The molecule has 0 spiro atoms. The van der Waals surface area contributed by atoms with Crippen LogP contribution in [-0.2, 0) is 0 Å². The summed E-state index contributed by atoms with van der Waals surface area (Å²) in [6.07, 6.45) is -0.255. The molecule has 1 rings (SSSR count). The van der Waals surface area contributed by atoms with E-state index in [0.29, 0.717) is 12.0 Å². The van der Waals surface area contributed by atoms with Gasteiger partial charge in [-0.3, -0.25) is 0 Å². The van der Waals surface area contributed by atoms with Crippen LogP contribution in [0, 0.1) is 24.5 Å². The summed E-state index contributed by atoms with van der Waals surface area (Å²) in [4.78, 5) is 0. The van der Waals surface area contributed by atoms with E-state index in [4.69, 9.17) is 5.73 Å².